The Bertz CT molecular complexity index is 551. The second kappa shape index (κ2) is 2.72. The number of H-pyrrole nitrogens is 1. The van der Waals surface area contributed by atoms with Crippen molar-refractivity contribution in [2.45, 2.75) is 0 Å². The van der Waals surface area contributed by atoms with Crippen LogP contribution in [0.5, 0.6) is 0 Å². The summed E-state index contributed by atoms with van der Waals surface area (Å²) in [6.45, 7) is 0. The minimum atomic E-state index is -0.127. The highest BCUT2D eigenvalue weighted by Gasteiger charge is 1.99. The van der Waals surface area contributed by atoms with E-state index in [0.29, 0.717) is 16.6 Å². The molecule has 2 aromatic rings. The van der Waals surface area contributed by atoms with Gasteiger partial charge in [-0.2, -0.15) is 5.26 Å². The van der Waals surface area contributed by atoms with E-state index in [9.17, 15) is 4.79 Å². The van der Waals surface area contributed by atoms with Crippen molar-refractivity contribution >= 4 is 11.0 Å². The highest BCUT2D eigenvalue weighted by molar-refractivity contribution is 5.75. The first-order valence-electron chi connectivity index (χ1n) is 3.69. The van der Waals surface area contributed by atoms with Gasteiger partial charge in [0.15, 0.2) is 5.43 Å². The fourth-order valence-corrected chi connectivity index (χ4v) is 1.11. The van der Waals surface area contributed by atoms with Crippen LogP contribution in [0.4, 0.5) is 0 Å². The van der Waals surface area contributed by atoms with Gasteiger partial charge in [0.2, 0.25) is 0 Å². The molecule has 0 bridgehead atoms. The summed E-state index contributed by atoms with van der Waals surface area (Å²) in [5.41, 5.74) is 0.772. The van der Waals surface area contributed by atoms with Crippen molar-refractivity contribution in [3.05, 3.63) is 40.3 Å². The van der Waals surface area contributed by atoms with Crippen LogP contribution in [0, 0.1) is 11.3 Å². The number of nitrogens with zero attached hydrogens (tertiary/aromatic N) is 2. The Hall–Kier alpha value is -2.15. The molecule has 0 aliphatic carbocycles. The lowest BCUT2D eigenvalue weighted by Crippen LogP contribution is -2.01. The lowest BCUT2D eigenvalue weighted by atomic mass is 10.2. The van der Waals surface area contributed by atoms with Crippen molar-refractivity contribution in [2.75, 3.05) is 0 Å². The molecule has 0 aliphatic rings. The monoisotopic (exact) mass is 171 g/mol. The minimum absolute atomic E-state index is 0.127. The van der Waals surface area contributed by atoms with Gasteiger partial charge in [-0.1, -0.05) is 0 Å². The summed E-state index contributed by atoms with van der Waals surface area (Å²) in [6.07, 6.45) is 2.96. The molecule has 13 heavy (non-hydrogen) atoms. The number of pyridine rings is 2. The highest BCUT2D eigenvalue weighted by atomic mass is 16.1. The summed E-state index contributed by atoms with van der Waals surface area (Å²) in [5.74, 6) is 0. The van der Waals surface area contributed by atoms with E-state index in [1.54, 1.807) is 0 Å². The van der Waals surface area contributed by atoms with Gasteiger partial charge in [-0.25, -0.2) is 4.98 Å². The van der Waals surface area contributed by atoms with Gasteiger partial charge >= 0.3 is 0 Å². The maximum Gasteiger partial charge on any atom is 0.191 e. The van der Waals surface area contributed by atoms with Crippen LogP contribution in [0.25, 0.3) is 11.0 Å². The normalized spacial score (nSPS) is 9.77. The second-order valence-corrected chi connectivity index (χ2v) is 2.57. The van der Waals surface area contributed by atoms with E-state index in [-0.39, 0.29) is 5.43 Å². The molecular formula is C9H5N3O. The summed E-state index contributed by atoms with van der Waals surface area (Å²) in [6, 6.07) is 4.87. The maximum absolute atomic E-state index is 11.3. The zero-order valence-electron chi connectivity index (χ0n) is 6.61. The molecule has 0 spiro atoms. The molecule has 2 rings (SSSR count). The van der Waals surface area contributed by atoms with E-state index in [1.165, 1.54) is 24.5 Å². The topological polar surface area (TPSA) is 69.5 Å². The molecule has 0 aromatic carbocycles. The Balaban J connectivity index is 2.92. The van der Waals surface area contributed by atoms with Gasteiger partial charge in [0.1, 0.15) is 11.7 Å². The molecule has 0 unspecified atom stereocenters. The van der Waals surface area contributed by atoms with Gasteiger partial charge in [0.05, 0.1) is 10.9 Å². The van der Waals surface area contributed by atoms with Gasteiger partial charge < -0.3 is 4.98 Å². The molecular weight excluding hydrogens is 166 g/mol. The van der Waals surface area contributed by atoms with E-state index < -0.39 is 0 Å². The Labute approximate surface area is 73.5 Å². The minimum Gasteiger partial charge on any atom is -0.346 e. The average molecular weight is 171 g/mol. The smallest absolute Gasteiger partial charge is 0.191 e. The van der Waals surface area contributed by atoms with E-state index in [2.05, 4.69) is 9.97 Å². The summed E-state index contributed by atoms with van der Waals surface area (Å²) in [4.78, 5) is 18.0. The molecule has 0 aliphatic heterocycles. The molecule has 1 N–H and O–H groups in total. The van der Waals surface area contributed by atoms with E-state index in [1.807, 2.05) is 6.07 Å². The Kier molecular flexibility index (Phi) is 1.57. The predicted octanol–water partition coefficient (Wildman–Crippen LogP) is 0.795. The summed E-state index contributed by atoms with van der Waals surface area (Å²) in [7, 11) is 0. The molecule has 4 heteroatoms. The fraction of sp³-hybridized carbons (Fsp3) is 0. The van der Waals surface area contributed by atoms with Crippen molar-refractivity contribution in [3.63, 3.8) is 0 Å². The fourth-order valence-electron chi connectivity index (χ4n) is 1.11. The van der Waals surface area contributed by atoms with Gasteiger partial charge in [0.25, 0.3) is 0 Å². The molecule has 0 atom stereocenters. The largest absolute Gasteiger partial charge is 0.346 e. The second-order valence-electron chi connectivity index (χ2n) is 2.57. The lowest BCUT2D eigenvalue weighted by Gasteiger charge is -1.94. The summed E-state index contributed by atoms with van der Waals surface area (Å²) >= 11 is 0. The van der Waals surface area contributed by atoms with Crippen molar-refractivity contribution in [1.29, 1.82) is 5.26 Å². The van der Waals surface area contributed by atoms with Gasteiger partial charge in [-0.15, -0.1) is 0 Å². The number of rotatable bonds is 0. The van der Waals surface area contributed by atoms with Crippen LogP contribution in [0.2, 0.25) is 0 Å². The molecule has 0 saturated heterocycles. The van der Waals surface area contributed by atoms with Crippen molar-refractivity contribution in [1.82, 2.24) is 9.97 Å². The lowest BCUT2D eigenvalue weighted by molar-refractivity contribution is 1.26. The highest BCUT2D eigenvalue weighted by Crippen LogP contribution is 2.04. The third-order valence-electron chi connectivity index (χ3n) is 1.74. The van der Waals surface area contributed by atoms with E-state index >= 15 is 0 Å². The first kappa shape index (κ1) is 7.50. The van der Waals surface area contributed by atoms with Crippen LogP contribution < -0.4 is 5.43 Å². The summed E-state index contributed by atoms with van der Waals surface area (Å²) < 4.78 is 0. The molecule has 62 valence electrons. The van der Waals surface area contributed by atoms with E-state index in [0.717, 1.165) is 0 Å². The van der Waals surface area contributed by atoms with Crippen LogP contribution in [-0.2, 0) is 0 Å². The van der Waals surface area contributed by atoms with Crippen LogP contribution in [-0.4, -0.2) is 9.97 Å². The first-order valence-corrected chi connectivity index (χ1v) is 3.69. The average Bonchev–Trinajstić information content (AvgIpc) is 2.18. The number of aromatic amines is 1. The summed E-state index contributed by atoms with van der Waals surface area (Å²) in [5, 5.41) is 9.03. The number of hydrogen-bond donors (Lipinski definition) is 1. The Morgan fingerprint density at radius 1 is 1.54 bits per heavy atom. The third kappa shape index (κ3) is 1.16. The third-order valence-corrected chi connectivity index (χ3v) is 1.74. The van der Waals surface area contributed by atoms with Gasteiger partial charge in [-0.05, 0) is 6.07 Å². The number of aromatic nitrogens is 2. The maximum atomic E-state index is 11.3. The molecule has 2 aromatic heterocycles. The van der Waals surface area contributed by atoms with Crippen LogP contribution in [0.1, 0.15) is 5.56 Å². The van der Waals surface area contributed by atoms with Gasteiger partial charge in [0, 0.05) is 18.5 Å². The molecule has 0 fully saturated rings. The Morgan fingerprint density at radius 2 is 2.38 bits per heavy atom. The molecule has 0 radical (unpaired) electrons. The number of hydrogen-bond acceptors (Lipinski definition) is 3. The van der Waals surface area contributed by atoms with Gasteiger partial charge in [-0.3, -0.25) is 4.79 Å². The molecule has 4 nitrogen and oxygen atoms in total. The predicted molar refractivity (Wildman–Crippen MR) is 47.1 cm³/mol. The Morgan fingerprint density at radius 3 is 3.15 bits per heavy atom. The number of fused-ring (bicyclic) bond motifs is 1. The van der Waals surface area contributed by atoms with Crippen molar-refractivity contribution in [3.8, 4) is 6.07 Å². The molecule has 2 heterocycles. The molecule has 0 saturated carbocycles. The molecule has 0 amide bonds. The SMILES string of the molecule is N#Cc1cnc2[nH]ccc(=O)c2c1. The van der Waals surface area contributed by atoms with E-state index in [4.69, 9.17) is 5.26 Å². The zero-order chi connectivity index (χ0) is 9.26. The number of nitriles is 1. The van der Waals surface area contributed by atoms with Crippen LogP contribution >= 0.6 is 0 Å². The van der Waals surface area contributed by atoms with Crippen molar-refractivity contribution < 1.29 is 0 Å². The first-order chi connectivity index (χ1) is 6.31. The van der Waals surface area contributed by atoms with Crippen LogP contribution in [0.15, 0.2) is 29.3 Å². The van der Waals surface area contributed by atoms with Crippen molar-refractivity contribution in [2.24, 2.45) is 0 Å². The zero-order valence-corrected chi connectivity index (χ0v) is 6.61. The number of nitrogens with one attached hydrogen (secondary N) is 1. The van der Waals surface area contributed by atoms with Crippen LogP contribution in [0.3, 0.4) is 0 Å². The quantitative estimate of drug-likeness (QED) is 0.637. The standard InChI is InChI=1S/C9H5N3O/c10-4-6-3-7-8(13)1-2-11-9(7)12-5-6/h1-3,5H,(H,11,12,13).